The molecule has 0 bridgehead atoms. The van der Waals surface area contributed by atoms with Crippen LogP contribution in [0.1, 0.15) is 31.9 Å². The third-order valence-electron chi connectivity index (χ3n) is 6.12. The fourth-order valence-corrected chi connectivity index (χ4v) is 6.58. The van der Waals surface area contributed by atoms with Crippen LogP contribution in [0.5, 0.6) is 0 Å². The van der Waals surface area contributed by atoms with Gasteiger partial charge < -0.3 is 5.32 Å². The number of fused-ring (bicyclic) bond motifs is 1. The van der Waals surface area contributed by atoms with E-state index in [1.165, 1.54) is 22.1 Å². The maximum Gasteiger partial charge on any atom is 0.281 e. The van der Waals surface area contributed by atoms with Gasteiger partial charge in [0.15, 0.2) is 5.56 Å². The Labute approximate surface area is 201 Å². The molecule has 1 aromatic carbocycles. The van der Waals surface area contributed by atoms with Gasteiger partial charge in [-0.1, -0.05) is 25.4 Å². The SMILES string of the molecule is CC(C)C1CN(S(C)(=O)=O)CCC1n1sc(Nc2c(Cl)ccc3ncccc23)c(C#N)c1=O. The molecule has 2 aromatic heterocycles. The lowest BCUT2D eigenvalue weighted by atomic mass is 9.84. The number of nitrogens with zero attached hydrogens (tertiary/aromatic N) is 4. The fourth-order valence-electron chi connectivity index (χ4n) is 4.35. The smallest absolute Gasteiger partial charge is 0.281 e. The van der Waals surface area contributed by atoms with Crippen molar-refractivity contribution < 1.29 is 8.42 Å². The van der Waals surface area contributed by atoms with Gasteiger partial charge in [-0.05, 0) is 54.1 Å². The molecule has 2 atom stereocenters. The zero-order valence-electron chi connectivity index (χ0n) is 18.4. The maximum atomic E-state index is 13.2. The van der Waals surface area contributed by atoms with Gasteiger partial charge in [0.25, 0.3) is 5.56 Å². The van der Waals surface area contributed by atoms with Crippen LogP contribution in [-0.4, -0.2) is 41.0 Å². The molecule has 1 aliphatic rings. The Bertz CT molecular complexity index is 1410. The number of benzene rings is 1. The number of sulfonamides is 1. The van der Waals surface area contributed by atoms with Crippen molar-refractivity contribution >= 4 is 54.7 Å². The van der Waals surface area contributed by atoms with Crippen LogP contribution in [0.15, 0.2) is 35.3 Å². The molecular formula is C22H24ClN5O3S2. The summed E-state index contributed by atoms with van der Waals surface area (Å²) in [5.74, 6) is 0.0867. The number of piperidine rings is 1. The second-order valence-electron chi connectivity index (χ2n) is 8.54. The van der Waals surface area contributed by atoms with Crippen molar-refractivity contribution in [1.29, 1.82) is 5.26 Å². The van der Waals surface area contributed by atoms with Gasteiger partial charge in [0, 0.05) is 24.7 Å². The highest BCUT2D eigenvalue weighted by Crippen LogP contribution is 2.39. The minimum absolute atomic E-state index is 0.0185. The van der Waals surface area contributed by atoms with E-state index >= 15 is 0 Å². The molecular weight excluding hydrogens is 482 g/mol. The van der Waals surface area contributed by atoms with Crippen LogP contribution < -0.4 is 10.9 Å². The molecule has 1 aliphatic heterocycles. The van der Waals surface area contributed by atoms with E-state index in [9.17, 15) is 18.5 Å². The first-order valence-corrected chi connectivity index (χ1v) is 13.5. The number of hydrogen-bond acceptors (Lipinski definition) is 7. The molecule has 3 heterocycles. The number of pyridine rings is 1. The molecule has 1 saturated heterocycles. The van der Waals surface area contributed by atoms with Gasteiger partial charge in [-0.15, -0.1) is 0 Å². The molecule has 3 aromatic rings. The van der Waals surface area contributed by atoms with E-state index in [0.717, 1.165) is 10.9 Å². The first-order chi connectivity index (χ1) is 15.6. The summed E-state index contributed by atoms with van der Waals surface area (Å²) in [6.45, 7) is 4.73. The molecule has 4 rings (SSSR count). The summed E-state index contributed by atoms with van der Waals surface area (Å²) in [6.07, 6.45) is 3.39. The molecule has 0 spiro atoms. The third kappa shape index (κ3) is 4.51. The Morgan fingerprint density at radius 2 is 2.09 bits per heavy atom. The first-order valence-electron chi connectivity index (χ1n) is 10.5. The summed E-state index contributed by atoms with van der Waals surface area (Å²) in [5, 5.41) is 14.6. The summed E-state index contributed by atoms with van der Waals surface area (Å²) < 4.78 is 27.3. The van der Waals surface area contributed by atoms with Gasteiger partial charge in [0.1, 0.15) is 11.1 Å². The Morgan fingerprint density at radius 1 is 1.33 bits per heavy atom. The van der Waals surface area contributed by atoms with Crippen LogP contribution in [0, 0.1) is 23.2 Å². The van der Waals surface area contributed by atoms with Crippen LogP contribution >= 0.6 is 23.1 Å². The normalized spacial score (nSPS) is 19.6. The maximum absolute atomic E-state index is 13.2. The number of hydrogen-bond donors (Lipinski definition) is 1. The lowest BCUT2D eigenvalue weighted by Crippen LogP contribution is -2.46. The number of nitrogens with one attached hydrogen (secondary N) is 1. The average molecular weight is 506 g/mol. The standard InChI is InChI=1S/C22H24ClN5O3S2/c1-13(2)16-12-27(33(3,30)31)10-8-19(16)28-22(29)15(11-24)21(32-28)26-20-14-5-4-9-25-18(14)7-6-17(20)23/h4-7,9,13,16,19,26H,8,10,12H2,1-3H3. The molecule has 1 fully saturated rings. The van der Waals surface area contributed by atoms with E-state index in [1.54, 1.807) is 22.3 Å². The first kappa shape index (κ1) is 23.7. The third-order valence-corrected chi connectivity index (χ3v) is 8.83. The highest BCUT2D eigenvalue weighted by molar-refractivity contribution is 7.88. The summed E-state index contributed by atoms with van der Waals surface area (Å²) >= 11 is 7.63. The van der Waals surface area contributed by atoms with E-state index < -0.39 is 10.0 Å². The van der Waals surface area contributed by atoms with Crippen LogP contribution in [-0.2, 0) is 10.0 Å². The lowest BCUT2D eigenvalue weighted by Gasteiger charge is -2.39. The summed E-state index contributed by atoms with van der Waals surface area (Å²) in [4.78, 5) is 17.6. The monoisotopic (exact) mass is 505 g/mol. The largest absolute Gasteiger partial charge is 0.343 e. The minimum atomic E-state index is -3.32. The van der Waals surface area contributed by atoms with Gasteiger partial charge in [-0.25, -0.2) is 12.7 Å². The van der Waals surface area contributed by atoms with E-state index in [1.807, 2.05) is 32.0 Å². The zero-order chi connectivity index (χ0) is 23.9. The average Bonchev–Trinajstić information content (AvgIpc) is 3.09. The summed E-state index contributed by atoms with van der Waals surface area (Å²) in [6, 6.07) is 9.04. The van der Waals surface area contributed by atoms with Crippen LogP contribution in [0.4, 0.5) is 10.7 Å². The Hall–Kier alpha value is -2.45. The van der Waals surface area contributed by atoms with Crippen LogP contribution in [0.2, 0.25) is 5.02 Å². The molecule has 174 valence electrons. The zero-order valence-corrected chi connectivity index (χ0v) is 20.8. The highest BCUT2D eigenvalue weighted by Gasteiger charge is 2.37. The number of anilines is 2. The summed E-state index contributed by atoms with van der Waals surface area (Å²) in [7, 11) is -3.32. The van der Waals surface area contributed by atoms with Gasteiger partial charge >= 0.3 is 0 Å². The molecule has 0 aliphatic carbocycles. The van der Waals surface area contributed by atoms with Gasteiger partial charge in [0.05, 0.1) is 28.5 Å². The number of halogens is 1. The molecule has 11 heteroatoms. The topological polar surface area (TPSA) is 108 Å². The van der Waals surface area contributed by atoms with Crippen molar-refractivity contribution in [2.75, 3.05) is 24.7 Å². The van der Waals surface area contributed by atoms with Crippen molar-refractivity contribution in [3.63, 3.8) is 0 Å². The minimum Gasteiger partial charge on any atom is -0.343 e. The van der Waals surface area contributed by atoms with Crippen molar-refractivity contribution in [1.82, 2.24) is 13.2 Å². The van der Waals surface area contributed by atoms with Gasteiger partial charge in [-0.2, -0.15) is 5.26 Å². The van der Waals surface area contributed by atoms with Crippen molar-refractivity contribution in [2.45, 2.75) is 26.3 Å². The lowest BCUT2D eigenvalue weighted by molar-refractivity contribution is 0.152. The highest BCUT2D eigenvalue weighted by atomic mass is 35.5. The molecule has 8 nitrogen and oxygen atoms in total. The van der Waals surface area contributed by atoms with E-state index in [4.69, 9.17) is 11.6 Å². The number of rotatable bonds is 5. The van der Waals surface area contributed by atoms with E-state index in [2.05, 4.69) is 10.3 Å². The van der Waals surface area contributed by atoms with Crippen molar-refractivity contribution in [3.05, 3.63) is 51.4 Å². The number of aromatic nitrogens is 2. The quantitative estimate of drug-likeness (QED) is 0.556. The van der Waals surface area contributed by atoms with Gasteiger partial charge in [0.2, 0.25) is 10.0 Å². The molecule has 0 saturated carbocycles. The predicted molar refractivity (Wildman–Crippen MR) is 132 cm³/mol. The fraction of sp³-hybridized carbons (Fsp3) is 0.409. The van der Waals surface area contributed by atoms with Crippen LogP contribution in [0.3, 0.4) is 0 Å². The molecule has 1 N–H and O–H groups in total. The Balaban J connectivity index is 1.75. The molecule has 33 heavy (non-hydrogen) atoms. The molecule has 2 unspecified atom stereocenters. The van der Waals surface area contributed by atoms with Crippen molar-refractivity contribution in [3.8, 4) is 6.07 Å². The second-order valence-corrected chi connectivity index (χ2v) is 11.9. The Kier molecular flexibility index (Phi) is 6.51. The number of nitriles is 1. The Morgan fingerprint density at radius 3 is 2.76 bits per heavy atom. The van der Waals surface area contributed by atoms with Gasteiger partial charge in [-0.3, -0.25) is 13.7 Å². The summed E-state index contributed by atoms with van der Waals surface area (Å²) in [5.41, 5.74) is 0.968. The van der Waals surface area contributed by atoms with E-state index in [-0.39, 0.29) is 29.0 Å². The van der Waals surface area contributed by atoms with Crippen LogP contribution in [0.25, 0.3) is 10.9 Å². The van der Waals surface area contributed by atoms with Crippen molar-refractivity contribution in [2.24, 2.45) is 11.8 Å². The molecule has 0 amide bonds. The molecule has 0 radical (unpaired) electrons. The predicted octanol–water partition coefficient (Wildman–Crippen LogP) is 4.21. The second kappa shape index (κ2) is 9.06. The van der Waals surface area contributed by atoms with E-state index in [0.29, 0.717) is 35.2 Å².